The average Bonchev–Trinajstić information content (AvgIpc) is 2.96. The maximum absolute atomic E-state index is 5.43. The Bertz CT molecular complexity index is 452. The predicted octanol–water partition coefficient (Wildman–Crippen LogP) is 2.19. The average molecular weight is 283 g/mol. The minimum atomic E-state index is 0.241. The topological polar surface area (TPSA) is 46.5 Å². The molecule has 0 saturated carbocycles. The van der Waals surface area contributed by atoms with Gasteiger partial charge in [0.25, 0.3) is 0 Å². The molecule has 4 nitrogen and oxygen atoms in total. The van der Waals surface area contributed by atoms with Gasteiger partial charge in [0.1, 0.15) is 0 Å². The number of thioether (sulfide) groups is 1. The smallest absolute Gasteiger partial charge is 0.157 e. The summed E-state index contributed by atoms with van der Waals surface area (Å²) in [6.07, 6.45) is 2.19. The van der Waals surface area contributed by atoms with Gasteiger partial charge in [-0.3, -0.25) is 4.99 Å². The Balaban J connectivity index is 1.63. The Kier molecular flexibility index (Phi) is 3.59. The third kappa shape index (κ3) is 2.55. The van der Waals surface area contributed by atoms with E-state index in [1.165, 1.54) is 4.88 Å². The van der Waals surface area contributed by atoms with Crippen LogP contribution >= 0.6 is 23.1 Å². The molecule has 6 heteroatoms. The molecule has 0 bridgehead atoms. The van der Waals surface area contributed by atoms with Crippen molar-refractivity contribution in [2.45, 2.75) is 31.8 Å². The fraction of sp³-hybridized carbons (Fsp3) is 0.667. The standard InChI is InChI=1S/C12H17N3OS2/c1-9-10(18-8-14-9)6-13-11-15-12(7-17-11)2-4-16-5-3-12/h8H,2-7H2,1H3,(H,13,15). The van der Waals surface area contributed by atoms with Crippen molar-refractivity contribution in [1.82, 2.24) is 10.3 Å². The minimum Gasteiger partial charge on any atom is -0.381 e. The molecule has 0 aromatic carbocycles. The minimum absolute atomic E-state index is 0.241. The summed E-state index contributed by atoms with van der Waals surface area (Å²) in [6.45, 7) is 4.53. The second-order valence-electron chi connectivity index (χ2n) is 4.79. The summed E-state index contributed by atoms with van der Waals surface area (Å²) in [5.41, 5.74) is 3.23. The number of hydrogen-bond donors (Lipinski definition) is 1. The van der Waals surface area contributed by atoms with Crippen LogP contribution in [0.15, 0.2) is 10.5 Å². The fourth-order valence-corrected chi connectivity index (χ4v) is 4.16. The Morgan fingerprint density at radius 1 is 1.50 bits per heavy atom. The zero-order chi connectivity index (χ0) is 12.4. The van der Waals surface area contributed by atoms with Crippen LogP contribution in [0.1, 0.15) is 23.4 Å². The monoisotopic (exact) mass is 283 g/mol. The number of hydrogen-bond acceptors (Lipinski definition) is 5. The van der Waals surface area contributed by atoms with Crippen LogP contribution in [0.5, 0.6) is 0 Å². The molecule has 18 heavy (non-hydrogen) atoms. The Morgan fingerprint density at radius 2 is 2.33 bits per heavy atom. The lowest BCUT2D eigenvalue weighted by atomic mass is 9.93. The van der Waals surface area contributed by atoms with Crippen molar-refractivity contribution in [2.24, 2.45) is 4.99 Å². The molecule has 3 heterocycles. The van der Waals surface area contributed by atoms with Crippen molar-refractivity contribution in [3.8, 4) is 0 Å². The Morgan fingerprint density at radius 3 is 3.06 bits per heavy atom. The number of aryl methyl sites for hydroxylation is 1. The highest BCUT2D eigenvalue weighted by Crippen LogP contribution is 2.32. The van der Waals surface area contributed by atoms with Gasteiger partial charge in [0.05, 0.1) is 23.3 Å². The lowest BCUT2D eigenvalue weighted by Gasteiger charge is -2.32. The second kappa shape index (κ2) is 5.19. The van der Waals surface area contributed by atoms with E-state index in [0.717, 1.165) is 49.2 Å². The lowest BCUT2D eigenvalue weighted by molar-refractivity contribution is 0.0555. The first-order chi connectivity index (χ1) is 8.77. The molecule has 1 aromatic heterocycles. The number of thiazole rings is 1. The molecule has 2 aliphatic heterocycles. The molecule has 0 radical (unpaired) electrons. The molecule has 0 atom stereocenters. The predicted molar refractivity (Wildman–Crippen MR) is 76.4 cm³/mol. The maximum atomic E-state index is 5.43. The molecule has 1 N–H and O–H groups in total. The highest BCUT2D eigenvalue weighted by molar-refractivity contribution is 8.14. The molecule has 0 unspecified atom stereocenters. The molecule has 3 rings (SSSR count). The molecular weight excluding hydrogens is 266 g/mol. The van der Waals surface area contributed by atoms with E-state index < -0.39 is 0 Å². The van der Waals surface area contributed by atoms with E-state index >= 15 is 0 Å². The highest BCUT2D eigenvalue weighted by atomic mass is 32.2. The molecule has 2 fully saturated rings. The van der Waals surface area contributed by atoms with Gasteiger partial charge < -0.3 is 10.1 Å². The van der Waals surface area contributed by atoms with Gasteiger partial charge in [-0.2, -0.15) is 0 Å². The zero-order valence-corrected chi connectivity index (χ0v) is 12.1. The molecule has 1 aromatic rings. The van der Waals surface area contributed by atoms with Crippen LogP contribution in [0.4, 0.5) is 0 Å². The summed E-state index contributed by atoms with van der Waals surface area (Å²) in [7, 11) is 0. The SMILES string of the molecule is Cc1ncsc1CN=C1NC2(CCOCC2)CS1. The van der Waals surface area contributed by atoms with Gasteiger partial charge >= 0.3 is 0 Å². The van der Waals surface area contributed by atoms with Gasteiger partial charge in [0.15, 0.2) is 5.17 Å². The summed E-state index contributed by atoms with van der Waals surface area (Å²) >= 11 is 3.53. The lowest BCUT2D eigenvalue weighted by Crippen LogP contribution is -2.48. The number of aliphatic imine (C=N–C) groups is 1. The van der Waals surface area contributed by atoms with Crippen molar-refractivity contribution < 1.29 is 4.74 Å². The number of rotatable bonds is 2. The number of aromatic nitrogens is 1. The van der Waals surface area contributed by atoms with Gasteiger partial charge in [-0.05, 0) is 19.8 Å². The summed E-state index contributed by atoms with van der Waals surface area (Å²) < 4.78 is 5.43. The van der Waals surface area contributed by atoms with E-state index in [4.69, 9.17) is 4.74 Å². The van der Waals surface area contributed by atoms with E-state index in [1.807, 2.05) is 24.2 Å². The van der Waals surface area contributed by atoms with Crippen molar-refractivity contribution >= 4 is 28.3 Å². The van der Waals surface area contributed by atoms with Gasteiger partial charge in [0, 0.05) is 23.8 Å². The molecule has 2 aliphatic rings. The number of ether oxygens (including phenoxy) is 1. The van der Waals surface area contributed by atoms with Crippen molar-refractivity contribution in [3.63, 3.8) is 0 Å². The van der Waals surface area contributed by atoms with E-state index in [0.29, 0.717) is 0 Å². The van der Waals surface area contributed by atoms with Crippen molar-refractivity contribution in [3.05, 3.63) is 16.1 Å². The van der Waals surface area contributed by atoms with Crippen LogP contribution in [-0.4, -0.2) is 34.7 Å². The quantitative estimate of drug-likeness (QED) is 0.904. The number of nitrogens with zero attached hydrogens (tertiary/aromatic N) is 2. The Hall–Kier alpha value is -0.590. The fourth-order valence-electron chi connectivity index (χ4n) is 2.24. The van der Waals surface area contributed by atoms with Crippen LogP contribution in [0, 0.1) is 6.92 Å². The highest BCUT2D eigenvalue weighted by Gasteiger charge is 2.38. The van der Waals surface area contributed by atoms with Crippen LogP contribution in [0.25, 0.3) is 0 Å². The van der Waals surface area contributed by atoms with Gasteiger partial charge in [-0.1, -0.05) is 11.8 Å². The van der Waals surface area contributed by atoms with E-state index in [9.17, 15) is 0 Å². The van der Waals surface area contributed by atoms with Crippen LogP contribution in [0.3, 0.4) is 0 Å². The van der Waals surface area contributed by atoms with Gasteiger partial charge in [0.2, 0.25) is 0 Å². The molecule has 0 aliphatic carbocycles. The van der Waals surface area contributed by atoms with Gasteiger partial charge in [-0.15, -0.1) is 11.3 Å². The van der Waals surface area contributed by atoms with Crippen LogP contribution in [0.2, 0.25) is 0 Å². The number of amidine groups is 1. The van der Waals surface area contributed by atoms with Crippen molar-refractivity contribution in [2.75, 3.05) is 19.0 Å². The third-order valence-corrected chi connectivity index (χ3v) is 5.64. The molecule has 1 spiro atoms. The maximum Gasteiger partial charge on any atom is 0.157 e. The Labute approximate surface area is 115 Å². The molecule has 98 valence electrons. The van der Waals surface area contributed by atoms with Crippen LogP contribution < -0.4 is 5.32 Å². The van der Waals surface area contributed by atoms with E-state index in [1.54, 1.807) is 11.3 Å². The molecular formula is C12H17N3OS2. The van der Waals surface area contributed by atoms with E-state index in [-0.39, 0.29) is 5.54 Å². The third-order valence-electron chi connectivity index (χ3n) is 3.52. The first kappa shape index (κ1) is 12.4. The van der Waals surface area contributed by atoms with E-state index in [2.05, 4.69) is 15.3 Å². The normalized spacial score (nSPS) is 24.6. The summed E-state index contributed by atoms with van der Waals surface area (Å²) in [4.78, 5) is 10.2. The summed E-state index contributed by atoms with van der Waals surface area (Å²) in [6, 6.07) is 0. The second-order valence-corrected chi connectivity index (χ2v) is 6.69. The first-order valence-corrected chi connectivity index (χ1v) is 8.06. The largest absolute Gasteiger partial charge is 0.381 e. The van der Waals surface area contributed by atoms with Gasteiger partial charge in [-0.25, -0.2) is 4.98 Å². The molecule has 2 saturated heterocycles. The molecule has 0 amide bonds. The van der Waals surface area contributed by atoms with Crippen molar-refractivity contribution in [1.29, 1.82) is 0 Å². The van der Waals surface area contributed by atoms with Crippen LogP contribution in [-0.2, 0) is 11.3 Å². The first-order valence-electron chi connectivity index (χ1n) is 6.20. The summed E-state index contributed by atoms with van der Waals surface area (Å²) in [5.74, 6) is 1.12. The number of nitrogens with one attached hydrogen (secondary N) is 1. The summed E-state index contributed by atoms with van der Waals surface area (Å²) in [5, 5.41) is 4.69. The zero-order valence-electron chi connectivity index (χ0n) is 10.4.